The molecule has 1 unspecified atom stereocenters. The number of alkyl halides is 1. The fourth-order valence-corrected chi connectivity index (χ4v) is 2.49. The van der Waals surface area contributed by atoms with E-state index in [0.717, 1.165) is 5.56 Å². The largest absolute Gasteiger partial charge is 0.228 e. The maximum Gasteiger partial charge on any atom is 0.228 e. The molecule has 0 saturated carbocycles. The van der Waals surface area contributed by atoms with E-state index in [0.29, 0.717) is 0 Å². The summed E-state index contributed by atoms with van der Waals surface area (Å²) in [6, 6.07) is 5.34. The standard InChI is InChI=1S/C10H13ClFNO2S/c1-8(13(2)16(14,15)7-11)9-3-5-10(12)6-4-9/h3-6,8H,7H2,1-2H3. The van der Waals surface area contributed by atoms with Crippen LogP contribution in [0, 0.1) is 5.82 Å². The quantitative estimate of drug-likeness (QED) is 0.784. The van der Waals surface area contributed by atoms with E-state index in [2.05, 4.69) is 0 Å². The minimum atomic E-state index is -3.45. The second kappa shape index (κ2) is 5.12. The summed E-state index contributed by atoms with van der Waals surface area (Å²) in [5.41, 5.74) is 0.720. The highest BCUT2D eigenvalue weighted by atomic mass is 35.5. The lowest BCUT2D eigenvalue weighted by Crippen LogP contribution is -2.30. The van der Waals surface area contributed by atoms with Gasteiger partial charge in [-0.15, -0.1) is 11.6 Å². The second-order valence-corrected chi connectivity index (χ2v) is 6.08. The molecule has 0 bridgehead atoms. The first kappa shape index (κ1) is 13.4. The van der Waals surface area contributed by atoms with Gasteiger partial charge in [-0.3, -0.25) is 0 Å². The van der Waals surface area contributed by atoms with Crippen LogP contribution in [0.15, 0.2) is 24.3 Å². The zero-order valence-electron chi connectivity index (χ0n) is 9.02. The van der Waals surface area contributed by atoms with Crippen LogP contribution in [0.1, 0.15) is 18.5 Å². The minimum absolute atomic E-state index is 0.348. The van der Waals surface area contributed by atoms with Gasteiger partial charge < -0.3 is 0 Å². The Bertz CT molecular complexity index is 446. The van der Waals surface area contributed by atoms with Gasteiger partial charge in [0.1, 0.15) is 11.0 Å². The summed E-state index contributed by atoms with van der Waals surface area (Å²) in [5, 5.41) is -0.463. The average Bonchev–Trinajstić information content (AvgIpc) is 2.28. The summed E-state index contributed by atoms with van der Waals surface area (Å²) >= 11 is 5.36. The lowest BCUT2D eigenvalue weighted by atomic mass is 10.1. The molecule has 3 nitrogen and oxygen atoms in total. The predicted molar refractivity (Wildman–Crippen MR) is 62.2 cm³/mol. The third-order valence-electron chi connectivity index (χ3n) is 2.47. The maximum atomic E-state index is 12.7. The molecule has 0 spiro atoms. The highest BCUT2D eigenvalue weighted by molar-refractivity contribution is 7.90. The molecule has 0 aromatic heterocycles. The number of hydrogen-bond acceptors (Lipinski definition) is 2. The summed E-state index contributed by atoms with van der Waals surface area (Å²) < 4.78 is 36.9. The van der Waals surface area contributed by atoms with Crippen LogP contribution in [0.2, 0.25) is 0 Å². The second-order valence-electron chi connectivity index (χ2n) is 3.46. The first-order chi connectivity index (χ1) is 7.38. The normalized spacial score (nSPS) is 14.1. The number of nitrogens with zero attached hydrogens (tertiary/aromatic N) is 1. The summed E-state index contributed by atoms with van der Waals surface area (Å²) in [6.45, 7) is 1.72. The van der Waals surface area contributed by atoms with Gasteiger partial charge in [-0.1, -0.05) is 12.1 Å². The Morgan fingerprint density at radius 3 is 2.31 bits per heavy atom. The predicted octanol–water partition coefficient (Wildman–Crippen LogP) is 2.34. The molecule has 16 heavy (non-hydrogen) atoms. The molecule has 1 rings (SSSR count). The first-order valence-corrected chi connectivity index (χ1v) is 6.80. The van der Waals surface area contributed by atoms with Crippen molar-refractivity contribution < 1.29 is 12.8 Å². The van der Waals surface area contributed by atoms with Crippen molar-refractivity contribution in [3.8, 4) is 0 Å². The van der Waals surface area contributed by atoms with E-state index in [1.165, 1.54) is 23.5 Å². The van der Waals surface area contributed by atoms with Gasteiger partial charge in [0.05, 0.1) is 0 Å². The average molecular weight is 266 g/mol. The van der Waals surface area contributed by atoms with E-state index in [1.807, 2.05) is 0 Å². The first-order valence-electron chi connectivity index (χ1n) is 4.65. The molecule has 90 valence electrons. The van der Waals surface area contributed by atoms with Gasteiger partial charge in [0.2, 0.25) is 10.0 Å². The van der Waals surface area contributed by atoms with Crippen LogP contribution in [0.5, 0.6) is 0 Å². The van der Waals surface area contributed by atoms with Gasteiger partial charge in [-0.05, 0) is 24.6 Å². The van der Waals surface area contributed by atoms with Crippen molar-refractivity contribution in [2.75, 3.05) is 12.3 Å². The number of halogens is 2. The minimum Gasteiger partial charge on any atom is -0.211 e. The van der Waals surface area contributed by atoms with Crippen LogP contribution in [-0.4, -0.2) is 25.0 Å². The van der Waals surface area contributed by atoms with Crippen molar-refractivity contribution in [2.45, 2.75) is 13.0 Å². The Kier molecular flexibility index (Phi) is 4.29. The molecule has 0 N–H and O–H groups in total. The van der Waals surface area contributed by atoms with E-state index in [9.17, 15) is 12.8 Å². The SMILES string of the molecule is CC(c1ccc(F)cc1)N(C)S(=O)(=O)CCl. The van der Waals surface area contributed by atoms with Crippen LogP contribution >= 0.6 is 11.6 Å². The van der Waals surface area contributed by atoms with E-state index in [1.54, 1.807) is 19.1 Å². The van der Waals surface area contributed by atoms with Crippen molar-refractivity contribution >= 4 is 21.6 Å². The van der Waals surface area contributed by atoms with Crippen molar-refractivity contribution in [3.05, 3.63) is 35.6 Å². The summed E-state index contributed by atoms with van der Waals surface area (Å²) in [6.07, 6.45) is 0. The zero-order chi connectivity index (χ0) is 12.3. The van der Waals surface area contributed by atoms with Crippen molar-refractivity contribution in [1.29, 1.82) is 0 Å². The molecule has 0 heterocycles. The topological polar surface area (TPSA) is 37.4 Å². The van der Waals surface area contributed by atoms with Gasteiger partial charge in [0.15, 0.2) is 0 Å². The van der Waals surface area contributed by atoms with Crippen LogP contribution < -0.4 is 0 Å². The van der Waals surface area contributed by atoms with Crippen molar-refractivity contribution in [1.82, 2.24) is 4.31 Å². The van der Waals surface area contributed by atoms with Crippen LogP contribution in [-0.2, 0) is 10.0 Å². The highest BCUT2D eigenvalue weighted by Gasteiger charge is 2.23. The fraction of sp³-hybridized carbons (Fsp3) is 0.400. The van der Waals surface area contributed by atoms with E-state index in [-0.39, 0.29) is 11.9 Å². The molecule has 6 heteroatoms. The van der Waals surface area contributed by atoms with Crippen molar-refractivity contribution in [2.24, 2.45) is 0 Å². The molecule has 0 aliphatic rings. The van der Waals surface area contributed by atoms with Gasteiger partial charge in [-0.25, -0.2) is 12.8 Å². The van der Waals surface area contributed by atoms with Crippen LogP contribution in [0.3, 0.4) is 0 Å². The Morgan fingerprint density at radius 2 is 1.88 bits per heavy atom. The zero-order valence-corrected chi connectivity index (χ0v) is 10.6. The molecule has 1 aromatic carbocycles. The number of benzene rings is 1. The smallest absolute Gasteiger partial charge is 0.211 e. The van der Waals surface area contributed by atoms with Crippen LogP contribution in [0.25, 0.3) is 0 Å². The van der Waals surface area contributed by atoms with E-state index >= 15 is 0 Å². The monoisotopic (exact) mass is 265 g/mol. The Hall–Kier alpha value is -0.650. The van der Waals surface area contributed by atoms with E-state index < -0.39 is 15.2 Å². The van der Waals surface area contributed by atoms with Gasteiger partial charge >= 0.3 is 0 Å². The molecule has 0 aliphatic carbocycles. The van der Waals surface area contributed by atoms with Gasteiger partial charge in [0, 0.05) is 13.1 Å². The Morgan fingerprint density at radius 1 is 1.38 bits per heavy atom. The summed E-state index contributed by atoms with van der Waals surface area (Å²) in [7, 11) is -2.00. The molecular weight excluding hydrogens is 253 g/mol. The summed E-state index contributed by atoms with van der Waals surface area (Å²) in [4.78, 5) is 0. The molecule has 0 fully saturated rings. The molecule has 0 amide bonds. The van der Waals surface area contributed by atoms with Crippen molar-refractivity contribution in [3.63, 3.8) is 0 Å². The fourth-order valence-electron chi connectivity index (χ4n) is 1.27. The Labute approximate surface area is 99.9 Å². The maximum absolute atomic E-state index is 12.7. The number of rotatable bonds is 4. The Balaban J connectivity index is 2.94. The summed E-state index contributed by atoms with van der Waals surface area (Å²) in [5.74, 6) is -0.348. The lowest BCUT2D eigenvalue weighted by Gasteiger charge is -2.23. The van der Waals surface area contributed by atoms with E-state index in [4.69, 9.17) is 11.6 Å². The molecule has 0 aliphatic heterocycles. The highest BCUT2D eigenvalue weighted by Crippen LogP contribution is 2.22. The van der Waals surface area contributed by atoms with Gasteiger partial charge in [-0.2, -0.15) is 4.31 Å². The number of sulfonamides is 1. The third-order valence-corrected chi connectivity index (χ3v) is 4.77. The molecular formula is C10H13ClFNO2S. The lowest BCUT2D eigenvalue weighted by molar-refractivity contribution is 0.401. The van der Waals surface area contributed by atoms with Crippen LogP contribution in [0.4, 0.5) is 4.39 Å². The third kappa shape index (κ3) is 2.93. The number of hydrogen-bond donors (Lipinski definition) is 0. The molecule has 1 atom stereocenters. The van der Waals surface area contributed by atoms with Gasteiger partial charge in [0.25, 0.3) is 0 Å². The molecule has 1 aromatic rings. The molecule has 0 radical (unpaired) electrons. The molecule has 0 saturated heterocycles.